The number of nitrogens with zero attached hydrogens (tertiary/aromatic N) is 2. The van der Waals surface area contributed by atoms with Gasteiger partial charge in [-0.2, -0.15) is 0 Å². The molecule has 0 fully saturated rings. The van der Waals surface area contributed by atoms with Crippen LogP contribution in [-0.2, 0) is 11.2 Å². The zero-order valence-electron chi connectivity index (χ0n) is 13.1. The molecule has 2 rings (SSSR count). The highest BCUT2D eigenvalue weighted by Gasteiger charge is 2.08. The SMILES string of the molecule is CCCCCNC(=O)Cc1csc(Nc2cc(C)ccn2)n1. The predicted molar refractivity (Wildman–Crippen MR) is 90.6 cm³/mol. The third-order valence-corrected chi connectivity index (χ3v) is 3.95. The molecule has 0 spiro atoms. The number of nitrogens with one attached hydrogen (secondary N) is 2. The zero-order valence-corrected chi connectivity index (χ0v) is 13.9. The Kier molecular flexibility index (Phi) is 6.33. The third kappa shape index (κ3) is 5.44. The smallest absolute Gasteiger partial charge is 0.226 e. The quantitative estimate of drug-likeness (QED) is 0.732. The number of anilines is 2. The minimum Gasteiger partial charge on any atom is -0.356 e. The van der Waals surface area contributed by atoms with Gasteiger partial charge in [-0.1, -0.05) is 19.8 Å². The van der Waals surface area contributed by atoms with Crippen LogP contribution < -0.4 is 10.6 Å². The number of thiazole rings is 1. The van der Waals surface area contributed by atoms with Crippen LogP contribution in [0.15, 0.2) is 23.7 Å². The average molecular weight is 318 g/mol. The Morgan fingerprint density at radius 3 is 3.00 bits per heavy atom. The maximum Gasteiger partial charge on any atom is 0.226 e. The van der Waals surface area contributed by atoms with E-state index in [4.69, 9.17) is 0 Å². The lowest BCUT2D eigenvalue weighted by molar-refractivity contribution is -0.120. The molecule has 6 heteroatoms. The molecule has 0 saturated carbocycles. The van der Waals surface area contributed by atoms with Crippen molar-refractivity contribution in [3.05, 3.63) is 35.0 Å². The second-order valence-electron chi connectivity index (χ2n) is 5.22. The van der Waals surface area contributed by atoms with Crippen molar-refractivity contribution < 1.29 is 4.79 Å². The molecule has 0 aliphatic rings. The van der Waals surface area contributed by atoms with Crippen LogP contribution in [0.1, 0.15) is 37.4 Å². The van der Waals surface area contributed by atoms with Crippen molar-refractivity contribution in [2.45, 2.75) is 39.5 Å². The summed E-state index contributed by atoms with van der Waals surface area (Å²) in [6.07, 6.45) is 5.42. The van der Waals surface area contributed by atoms with Crippen LogP contribution in [0.5, 0.6) is 0 Å². The first-order valence-corrected chi connectivity index (χ1v) is 8.46. The van der Waals surface area contributed by atoms with Gasteiger partial charge in [0.15, 0.2) is 5.13 Å². The van der Waals surface area contributed by atoms with Gasteiger partial charge in [0, 0.05) is 18.1 Å². The van der Waals surface area contributed by atoms with E-state index in [9.17, 15) is 4.79 Å². The summed E-state index contributed by atoms with van der Waals surface area (Å²) >= 11 is 1.48. The number of aryl methyl sites for hydroxylation is 1. The van der Waals surface area contributed by atoms with Crippen molar-refractivity contribution in [1.29, 1.82) is 0 Å². The molecular formula is C16H22N4OS. The Morgan fingerprint density at radius 2 is 2.23 bits per heavy atom. The van der Waals surface area contributed by atoms with Gasteiger partial charge >= 0.3 is 0 Å². The van der Waals surface area contributed by atoms with Crippen LogP contribution in [0.2, 0.25) is 0 Å². The van der Waals surface area contributed by atoms with Crippen molar-refractivity contribution in [2.24, 2.45) is 0 Å². The zero-order chi connectivity index (χ0) is 15.8. The van der Waals surface area contributed by atoms with Gasteiger partial charge in [0.2, 0.25) is 5.91 Å². The van der Waals surface area contributed by atoms with Gasteiger partial charge in [0.05, 0.1) is 12.1 Å². The molecule has 0 radical (unpaired) electrons. The Bertz CT molecular complexity index is 612. The number of hydrogen-bond acceptors (Lipinski definition) is 5. The number of rotatable bonds is 8. The Morgan fingerprint density at radius 1 is 1.36 bits per heavy atom. The van der Waals surface area contributed by atoms with Crippen molar-refractivity contribution in [3.63, 3.8) is 0 Å². The largest absolute Gasteiger partial charge is 0.356 e. The summed E-state index contributed by atoms with van der Waals surface area (Å²) in [7, 11) is 0. The number of carbonyl (C=O) groups is 1. The molecule has 0 aliphatic carbocycles. The molecule has 0 unspecified atom stereocenters. The fourth-order valence-corrected chi connectivity index (χ4v) is 2.71. The highest BCUT2D eigenvalue weighted by atomic mass is 32.1. The molecule has 0 aliphatic heterocycles. The van der Waals surface area contributed by atoms with Crippen molar-refractivity contribution >= 4 is 28.2 Å². The molecule has 5 nitrogen and oxygen atoms in total. The molecule has 2 heterocycles. The summed E-state index contributed by atoms with van der Waals surface area (Å²) in [4.78, 5) is 20.5. The normalized spacial score (nSPS) is 10.5. The molecule has 2 aromatic heterocycles. The van der Waals surface area contributed by atoms with E-state index in [0.717, 1.165) is 48.0 Å². The molecular weight excluding hydrogens is 296 g/mol. The van der Waals surface area contributed by atoms with Gasteiger partial charge in [0.25, 0.3) is 0 Å². The minimum atomic E-state index is 0.0293. The van der Waals surface area contributed by atoms with Crippen LogP contribution in [-0.4, -0.2) is 22.4 Å². The summed E-state index contributed by atoms with van der Waals surface area (Å²) in [5.41, 5.74) is 1.92. The van der Waals surface area contributed by atoms with Crippen LogP contribution in [0.3, 0.4) is 0 Å². The molecule has 2 N–H and O–H groups in total. The summed E-state index contributed by atoms with van der Waals surface area (Å²) in [6, 6.07) is 3.91. The van der Waals surface area contributed by atoms with E-state index in [1.807, 2.05) is 24.4 Å². The van der Waals surface area contributed by atoms with Gasteiger partial charge in [-0.15, -0.1) is 11.3 Å². The number of hydrogen-bond donors (Lipinski definition) is 2. The fourth-order valence-electron chi connectivity index (χ4n) is 1.99. The van der Waals surface area contributed by atoms with Crippen molar-refractivity contribution in [1.82, 2.24) is 15.3 Å². The van der Waals surface area contributed by atoms with E-state index >= 15 is 0 Å². The third-order valence-electron chi connectivity index (χ3n) is 3.15. The van der Waals surface area contributed by atoms with Gasteiger partial charge in [-0.3, -0.25) is 4.79 Å². The second kappa shape index (κ2) is 8.48. The van der Waals surface area contributed by atoms with Crippen LogP contribution in [0.4, 0.5) is 10.9 Å². The summed E-state index contributed by atoms with van der Waals surface area (Å²) in [5, 5.41) is 8.75. The number of aromatic nitrogens is 2. The van der Waals surface area contributed by atoms with Crippen LogP contribution in [0.25, 0.3) is 0 Å². The van der Waals surface area contributed by atoms with E-state index < -0.39 is 0 Å². The number of amides is 1. The Labute approximate surface area is 135 Å². The average Bonchev–Trinajstić information content (AvgIpc) is 2.91. The van der Waals surface area contributed by atoms with E-state index in [2.05, 4.69) is 27.5 Å². The first-order valence-electron chi connectivity index (χ1n) is 7.58. The second-order valence-corrected chi connectivity index (χ2v) is 6.08. The van der Waals surface area contributed by atoms with E-state index in [1.165, 1.54) is 11.3 Å². The Balaban J connectivity index is 1.82. The molecule has 0 saturated heterocycles. The molecule has 2 aromatic rings. The van der Waals surface area contributed by atoms with Gasteiger partial charge in [-0.25, -0.2) is 9.97 Å². The molecule has 22 heavy (non-hydrogen) atoms. The summed E-state index contributed by atoms with van der Waals surface area (Å²) in [6.45, 7) is 4.91. The van der Waals surface area contributed by atoms with E-state index in [1.54, 1.807) is 6.20 Å². The molecule has 0 bridgehead atoms. The molecule has 0 atom stereocenters. The van der Waals surface area contributed by atoms with E-state index in [0.29, 0.717) is 6.42 Å². The first kappa shape index (κ1) is 16.4. The van der Waals surface area contributed by atoms with E-state index in [-0.39, 0.29) is 5.91 Å². The fraction of sp³-hybridized carbons (Fsp3) is 0.438. The minimum absolute atomic E-state index is 0.0293. The lowest BCUT2D eigenvalue weighted by Gasteiger charge is -2.03. The van der Waals surface area contributed by atoms with Gasteiger partial charge in [-0.05, 0) is 31.0 Å². The predicted octanol–water partition coefficient (Wildman–Crippen LogP) is 3.44. The van der Waals surface area contributed by atoms with Crippen molar-refractivity contribution in [3.8, 4) is 0 Å². The van der Waals surface area contributed by atoms with Crippen LogP contribution >= 0.6 is 11.3 Å². The Hall–Kier alpha value is -1.95. The maximum atomic E-state index is 11.8. The van der Waals surface area contributed by atoms with Crippen LogP contribution in [0, 0.1) is 6.92 Å². The van der Waals surface area contributed by atoms with Gasteiger partial charge in [0.1, 0.15) is 5.82 Å². The molecule has 1 amide bonds. The highest BCUT2D eigenvalue weighted by molar-refractivity contribution is 7.13. The first-order chi connectivity index (χ1) is 10.7. The highest BCUT2D eigenvalue weighted by Crippen LogP contribution is 2.20. The number of pyridine rings is 1. The van der Waals surface area contributed by atoms with Gasteiger partial charge < -0.3 is 10.6 Å². The maximum absolute atomic E-state index is 11.8. The standard InChI is InChI=1S/C16H22N4OS/c1-3-4-5-7-18-15(21)10-13-11-22-16(19-13)20-14-9-12(2)6-8-17-14/h6,8-9,11H,3-5,7,10H2,1-2H3,(H,18,21)(H,17,19,20). The molecule has 118 valence electrons. The monoisotopic (exact) mass is 318 g/mol. The lowest BCUT2D eigenvalue weighted by Crippen LogP contribution is -2.26. The van der Waals surface area contributed by atoms with Crippen molar-refractivity contribution in [2.75, 3.05) is 11.9 Å². The number of unbranched alkanes of at least 4 members (excludes halogenated alkanes) is 2. The topological polar surface area (TPSA) is 66.9 Å². The summed E-state index contributed by atoms with van der Waals surface area (Å²) in [5.74, 6) is 0.798. The summed E-state index contributed by atoms with van der Waals surface area (Å²) < 4.78 is 0. The molecule has 0 aromatic carbocycles. The number of carbonyl (C=O) groups excluding carboxylic acids is 1. The lowest BCUT2D eigenvalue weighted by atomic mass is 10.2.